The Kier molecular flexibility index (Phi) is 3.62. The van der Waals surface area contributed by atoms with E-state index in [4.69, 9.17) is 15.5 Å². The van der Waals surface area contributed by atoms with Crippen molar-refractivity contribution in [2.45, 2.75) is 6.92 Å². The topological polar surface area (TPSA) is 48.1 Å². The van der Waals surface area contributed by atoms with Crippen LogP contribution in [0.5, 0.6) is 5.75 Å². The lowest BCUT2D eigenvalue weighted by atomic mass is 10.1. The summed E-state index contributed by atoms with van der Waals surface area (Å²) in [5, 5.41) is 3.04. The molecule has 0 aliphatic heterocycles. The van der Waals surface area contributed by atoms with Crippen LogP contribution in [0.3, 0.4) is 0 Å². The average Bonchev–Trinajstić information content (AvgIpc) is 3.00. The van der Waals surface area contributed by atoms with Crippen LogP contribution >= 0.6 is 11.3 Å². The fourth-order valence-corrected chi connectivity index (χ4v) is 2.90. The molecule has 0 unspecified atom stereocenters. The minimum absolute atomic E-state index is 0.800. The summed E-state index contributed by atoms with van der Waals surface area (Å²) in [7, 11) is 1.66. The monoisotopic (exact) mass is 296 g/mol. The van der Waals surface area contributed by atoms with Crippen LogP contribution < -0.4 is 10.5 Å². The molecule has 1 aromatic heterocycles. The molecule has 0 amide bonds. The maximum Gasteiger partial charge on any atom is 0.124 e. The van der Waals surface area contributed by atoms with Crippen LogP contribution in [0.2, 0.25) is 0 Å². The summed E-state index contributed by atoms with van der Waals surface area (Å²) >= 11 is 1.62. The van der Waals surface area contributed by atoms with Gasteiger partial charge in [-0.05, 0) is 42.8 Å². The fraction of sp³-hybridized carbons (Fsp3) is 0.118. The van der Waals surface area contributed by atoms with Crippen LogP contribution in [-0.4, -0.2) is 12.1 Å². The van der Waals surface area contributed by atoms with E-state index < -0.39 is 0 Å². The number of aryl methyl sites for hydroxylation is 1. The van der Waals surface area contributed by atoms with E-state index >= 15 is 0 Å². The van der Waals surface area contributed by atoms with Gasteiger partial charge in [-0.3, -0.25) is 0 Å². The lowest BCUT2D eigenvalue weighted by Crippen LogP contribution is -1.89. The molecule has 0 aliphatic rings. The summed E-state index contributed by atoms with van der Waals surface area (Å²) < 4.78 is 5.17. The molecule has 0 aliphatic carbocycles. The second kappa shape index (κ2) is 5.58. The molecule has 1 heterocycles. The van der Waals surface area contributed by atoms with Crippen LogP contribution in [0, 0.1) is 6.92 Å². The quantitative estimate of drug-likeness (QED) is 0.730. The number of anilines is 1. The summed E-state index contributed by atoms with van der Waals surface area (Å²) in [5.74, 6) is 0.848. The van der Waals surface area contributed by atoms with Gasteiger partial charge in [-0.1, -0.05) is 12.1 Å². The maximum absolute atomic E-state index is 5.97. The first-order valence-corrected chi connectivity index (χ1v) is 7.52. The number of methoxy groups -OCH3 is 1. The van der Waals surface area contributed by atoms with Gasteiger partial charge < -0.3 is 10.5 Å². The van der Waals surface area contributed by atoms with Gasteiger partial charge in [-0.2, -0.15) is 0 Å². The van der Waals surface area contributed by atoms with Crippen molar-refractivity contribution in [3.8, 4) is 27.6 Å². The van der Waals surface area contributed by atoms with Crippen LogP contribution in [-0.2, 0) is 0 Å². The molecule has 0 bridgehead atoms. The van der Waals surface area contributed by atoms with Crippen molar-refractivity contribution in [2.75, 3.05) is 12.8 Å². The van der Waals surface area contributed by atoms with Crippen molar-refractivity contribution in [2.24, 2.45) is 0 Å². The van der Waals surface area contributed by atoms with Crippen molar-refractivity contribution in [1.29, 1.82) is 0 Å². The van der Waals surface area contributed by atoms with Crippen LogP contribution in [0.25, 0.3) is 21.8 Å². The minimum atomic E-state index is 0.800. The molecule has 0 spiro atoms. The second-order valence-corrected chi connectivity index (χ2v) is 5.70. The molecule has 0 radical (unpaired) electrons. The highest BCUT2D eigenvalue weighted by Gasteiger charge is 2.08. The van der Waals surface area contributed by atoms with Gasteiger partial charge in [-0.15, -0.1) is 11.3 Å². The van der Waals surface area contributed by atoms with Crippen LogP contribution in [0.15, 0.2) is 47.8 Å². The number of nitrogens with zero attached hydrogens (tertiary/aromatic N) is 1. The number of hydrogen-bond acceptors (Lipinski definition) is 4. The van der Waals surface area contributed by atoms with E-state index in [0.29, 0.717) is 0 Å². The van der Waals surface area contributed by atoms with Crippen LogP contribution in [0.4, 0.5) is 5.69 Å². The van der Waals surface area contributed by atoms with Gasteiger partial charge in [0.05, 0.1) is 12.8 Å². The van der Waals surface area contributed by atoms with Gasteiger partial charge in [0.2, 0.25) is 0 Å². The zero-order valence-corrected chi connectivity index (χ0v) is 12.8. The fourth-order valence-electron chi connectivity index (χ4n) is 2.07. The Labute approximate surface area is 128 Å². The van der Waals surface area contributed by atoms with Crippen molar-refractivity contribution in [3.05, 3.63) is 53.4 Å². The number of nitrogen functional groups attached to an aromatic ring is 1. The first-order valence-electron chi connectivity index (χ1n) is 6.64. The van der Waals surface area contributed by atoms with E-state index in [1.165, 1.54) is 0 Å². The summed E-state index contributed by atoms with van der Waals surface area (Å²) in [6.45, 7) is 2.00. The van der Waals surface area contributed by atoms with E-state index in [1.54, 1.807) is 18.4 Å². The van der Waals surface area contributed by atoms with Gasteiger partial charge in [0.15, 0.2) is 0 Å². The molecule has 3 rings (SSSR count). The molecule has 3 nitrogen and oxygen atoms in total. The number of rotatable bonds is 3. The smallest absolute Gasteiger partial charge is 0.124 e. The van der Waals surface area contributed by atoms with E-state index in [2.05, 4.69) is 11.4 Å². The third-order valence-electron chi connectivity index (χ3n) is 3.42. The molecule has 0 saturated heterocycles. The van der Waals surface area contributed by atoms with Crippen molar-refractivity contribution < 1.29 is 4.74 Å². The molecule has 21 heavy (non-hydrogen) atoms. The molecule has 2 N–H and O–H groups in total. The van der Waals surface area contributed by atoms with E-state index in [9.17, 15) is 0 Å². The predicted octanol–water partition coefficient (Wildman–Crippen LogP) is 4.38. The first kappa shape index (κ1) is 13.6. The number of thiazole rings is 1. The van der Waals surface area contributed by atoms with Gasteiger partial charge in [0.1, 0.15) is 10.8 Å². The Bertz CT molecular complexity index is 763. The number of nitrogens with two attached hydrogens (primary N) is 1. The van der Waals surface area contributed by atoms with Crippen molar-refractivity contribution in [3.63, 3.8) is 0 Å². The maximum atomic E-state index is 5.97. The predicted molar refractivity (Wildman–Crippen MR) is 88.7 cm³/mol. The summed E-state index contributed by atoms with van der Waals surface area (Å²) in [5.41, 5.74) is 11.0. The lowest BCUT2D eigenvalue weighted by Gasteiger charge is -2.02. The Balaban J connectivity index is 1.93. The van der Waals surface area contributed by atoms with Gasteiger partial charge in [-0.25, -0.2) is 4.98 Å². The molecule has 0 atom stereocenters. The summed E-state index contributed by atoms with van der Waals surface area (Å²) in [6, 6.07) is 14.0. The minimum Gasteiger partial charge on any atom is -0.497 e. The van der Waals surface area contributed by atoms with E-state index in [-0.39, 0.29) is 0 Å². The highest BCUT2D eigenvalue weighted by atomic mass is 32.1. The SMILES string of the molecule is COc1ccc(-c2csc(-c3ccc(C)c(N)c3)n2)cc1. The Morgan fingerprint density at radius 1 is 1.05 bits per heavy atom. The Hall–Kier alpha value is -2.33. The van der Waals surface area contributed by atoms with E-state index in [1.807, 2.05) is 43.3 Å². The number of hydrogen-bond donors (Lipinski definition) is 1. The Morgan fingerprint density at radius 2 is 1.76 bits per heavy atom. The molecule has 2 aromatic carbocycles. The summed E-state index contributed by atoms with van der Waals surface area (Å²) in [4.78, 5) is 4.70. The molecule has 0 saturated carbocycles. The number of ether oxygens (including phenoxy) is 1. The number of aromatic nitrogens is 1. The van der Waals surface area contributed by atoms with E-state index in [0.717, 1.165) is 38.8 Å². The average molecular weight is 296 g/mol. The Morgan fingerprint density at radius 3 is 2.43 bits per heavy atom. The first-order chi connectivity index (χ1) is 10.2. The van der Waals surface area contributed by atoms with Gasteiger partial charge >= 0.3 is 0 Å². The zero-order valence-electron chi connectivity index (χ0n) is 12.0. The number of benzene rings is 2. The lowest BCUT2D eigenvalue weighted by molar-refractivity contribution is 0.415. The zero-order chi connectivity index (χ0) is 14.8. The molecule has 3 aromatic rings. The standard InChI is InChI=1S/C17H16N2OS/c1-11-3-4-13(9-15(11)18)17-19-16(10-21-17)12-5-7-14(20-2)8-6-12/h3-10H,18H2,1-2H3. The third-order valence-corrected chi connectivity index (χ3v) is 4.31. The van der Waals surface area contributed by atoms with Crippen molar-refractivity contribution in [1.82, 2.24) is 4.98 Å². The summed E-state index contributed by atoms with van der Waals surface area (Å²) in [6.07, 6.45) is 0. The van der Waals surface area contributed by atoms with Gasteiger partial charge in [0.25, 0.3) is 0 Å². The van der Waals surface area contributed by atoms with Gasteiger partial charge in [0, 0.05) is 22.2 Å². The van der Waals surface area contributed by atoms with Crippen molar-refractivity contribution >= 4 is 17.0 Å². The highest BCUT2D eigenvalue weighted by molar-refractivity contribution is 7.13. The third kappa shape index (κ3) is 2.76. The normalized spacial score (nSPS) is 10.6. The molecule has 4 heteroatoms. The largest absolute Gasteiger partial charge is 0.497 e. The molecule has 106 valence electrons. The second-order valence-electron chi connectivity index (χ2n) is 4.84. The molecule has 0 fully saturated rings. The highest BCUT2D eigenvalue weighted by Crippen LogP contribution is 2.31. The van der Waals surface area contributed by atoms with Crippen LogP contribution in [0.1, 0.15) is 5.56 Å². The molecular weight excluding hydrogens is 280 g/mol. The molecular formula is C17H16N2OS.